The molecule has 56 heavy (non-hydrogen) atoms. The van der Waals surface area contributed by atoms with Gasteiger partial charge in [0.05, 0.1) is 6.61 Å². The molecule has 0 aliphatic heterocycles. The zero-order valence-electron chi connectivity index (χ0n) is 37.9. The molecule has 332 valence electrons. The maximum absolute atomic E-state index is 12.2. The van der Waals surface area contributed by atoms with Crippen molar-refractivity contribution in [3.63, 3.8) is 0 Å². The molecule has 1 N–H and O–H groups in total. The second-order valence-electron chi connectivity index (χ2n) is 17.3. The fourth-order valence-corrected chi connectivity index (χ4v) is 7.72. The van der Waals surface area contributed by atoms with Crippen LogP contribution in [0.25, 0.3) is 0 Å². The third-order valence-corrected chi connectivity index (χ3v) is 11.6. The van der Waals surface area contributed by atoms with Crippen LogP contribution in [0.15, 0.2) is 12.2 Å². The van der Waals surface area contributed by atoms with Gasteiger partial charge in [0.25, 0.3) is 0 Å². The largest absolute Gasteiger partial charge is 0.462 e. The first-order valence-corrected chi connectivity index (χ1v) is 25.2. The predicted molar refractivity (Wildman–Crippen MR) is 242 cm³/mol. The van der Waals surface area contributed by atoms with Crippen molar-refractivity contribution in [3.8, 4) is 0 Å². The lowest BCUT2D eigenvalue weighted by Gasteiger charge is -2.15. The van der Waals surface area contributed by atoms with E-state index in [1.165, 1.54) is 218 Å². The molecule has 0 bridgehead atoms. The highest BCUT2D eigenvalue weighted by Gasteiger charge is 2.16. The second-order valence-corrected chi connectivity index (χ2v) is 17.3. The van der Waals surface area contributed by atoms with Crippen molar-refractivity contribution < 1.29 is 24.2 Å². The van der Waals surface area contributed by atoms with E-state index in [0.29, 0.717) is 12.8 Å². The highest BCUT2D eigenvalue weighted by atomic mass is 16.6. The zero-order valence-corrected chi connectivity index (χ0v) is 37.9. The molecule has 0 heterocycles. The highest BCUT2D eigenvalue weighted by molar-refractivity contribution is 5.70. The summed E-state index contributed by atoms with van der Waals surface area (Å²) < 4.78 is 10.6. The molecule has 1 atom stereocenters. The van der Waals surface area contributed by atoms with Crippen LogP contribution in [0.2, 0.25) is 0 Å². The SMILES string of the molecule is CCCC/C=C\CCCCCCCC(=O)OC(CO)COC(=O)CCCCCCCCCCCCCCCCCCCCCCCCCCCCCCCCC. The first kappa shape index (κ1) is 54.6. The molecule has 0 saturated heterocycles. The number of carbonyl (C=O) groups is 2. The van der Waals surface area contributed by atoms with Crippen molar-refractivity contribution in [3.05, 3.63) is 12.2 Å². The number of aliphatic hydroxyl groups is 1. The summed E-state index contributed by atoms with van der Waals surface area (Å²) in [6, 6.07) is 0. The lowest BCUT2D eigenvalue weighted by molar-refractivity contribution is -0.161. The molecule has 5 nitrogen and oxygen atoms in total. The number of ether oxygens (including phenoxy) is 2. The number of unbranched alkanes of at least 4 members (excludes halogenated alkanes) is 37. The summed E-state index contributed by atoms with van der Waals surface area (Å²) >= 11 is 0. The Hall–Kier alpha value is -1.36. The van der Waals surface area contributed by atoms with Crippen molar-refractivity contribution in [1.82, 2.24) is 0 Å². The Morgan fingerprint density at radius 2 is 0.679 bits per heavy atom. The normalized spacial score (nSPS) is 12.1. The van der Waals surface area contributed by atoms with Crippen LogP contribution < -0.4 is 0 Å². The summed E-state index contributed by atoms with van der Waals surface area (Å²) in [6.45, 7) is 4.13. The number of aliphatic hydroxyl groups excluding tert-OH is 1. The molecule has 0 aliphatic carbocycles. The van der Waals surface area contributed by atoms with Crippen LogP contribution in [-0.4, -0.2) is 36.4 Å². The molecule has 0 radical (unpaired) electrons. The minimum absolute atomic E-state index is 0.0630. The van der Waals surface area contributed by atoms with Crippen molar-refractivity contribution in [2.24, 2.45) is 0 Å². The van der Waals surface area contributed by atoms with Crippen molar-refractivity contribution in [1.29, 1.82) is 0 Å². The van der Waals surface area contributed by atoms with E-state index in [1.807, 2.05) is 0 Å². The first-order chi connectivity index (χ1) is 27.6. The molecule has 0 rings (SSSR count). The van der Waals surface area contributed by atoms with Gasteiger partial charge in [-0.1, -0.05) is 251 Å². The van der Waals surface area contributed by atoms with E-state index in [2.05, 4.69) is 26.0 Å². The van der Waals surface area contributed by atoms with Crippen LogP contribution >= 0.6 is 0 Å². The Bertz CT molecular complexity index is 810. The number of rotatable bonds is 47. The Balaban J connectivity index is 3.36. The average Bonchev–Trinajstić information content (AvgIpc) is 3.20. The standard InChI is InChI=1S/C51H98O5/c1-3-5-7-9-11-13-15-16-17-18-19-20-21-22-23-24-25-26-27-28-29-30-31-32-33-34-36-37-39-41-43-45-50(53)55-48-49(47-52)56-51(54)46-44-42-40-38-35-14-12-10-8-6-4-2/h10,12,49,52H,3-9,11,13-48H2,1-2H3/b12-10-. The van der Waals surface area contributed by atoms with Gasteiger partial charge < -0.3 is 14.6 Å². The fourth-order valence-electron chi connectivity index (χ4n) is 7.72. The molecule has 0 aromatic heterocycles. The summed E-state index contributed by atoms with van der Waals surface area (Å²) in [5.74, 6) is -0.588. The monoisotopic (exact) mass is 791 g/mol. The predicted octanol–water partition coefficient (Wildman–Crippen LogP) is 16.4. The van der Waals surface area contributed by atoms with Crippen LogP contribution in [0, 0.1) is 0 Å². The quantitative estimate of drug-likeness (QED) is 0.0378. The lowest BCUT2D eigenvalue weighted by atomic mass is 10.0. The molecule has 0 aromatic rings. The van der Waals surface area contributed by atoms with E-state index in [1.54, 1.807) is 0 Å². The smallest absolute Gasteiger partial charge is 0.306 e. The van der Waals surface area contributed by atoms with Crippen LogP contribution in [0.4, 0.5) is 0 Å². The molecule has 0 spiro atoms. The van der Waals surface area contributed by atoms with Gasteiger partial charge in [-0.3, -0.25) is 9.59 Å². The van der Waals surface area contributed by atoms with Gasteiger partial charge >= 0.3 is 11.9 Å². The summed E-state index contributed by atoms with van der Waals surface area (Å²) in [5.41, 5.74) is 0. The molecule has 1 unspecified atom stereocenters. The van der Waals surface area contributed by atoms with Gasteiger partial charge in [0.1, 0.15) is 6.61 Å². The maximum atomic E-state index is 12.2. The number of hydrogen-bond donors (Lipinski definition) is 1. The maximum Gasteiger partial charge on any atom is 0.306 e. The molecule has 0 amide bonds. The van der Waals surface area contributed by atoms with Crippen LogP contribution in [0.3, 0.4) is 0 Å². The van der Waals surface area contributed by atoms with Gasteiger partial charge in [-0.15, -0.1) is 0 Å². The van der Waals surface area contributed by atoms with Crippen molar-refractivity contribution in [2.45, 2.75) is 290 Å². The first-order valence-electron chi connectivity index (χ1n) is 25.2. The third-order valence-electron chi connectivity index (χ3n) is 11.6. The van der Waals surface area contributed by atoms with Gasteiger partial charge in [-0.2, -0.15) is 0 Å². The average molecular weight is 791 g/mol. The van der Waals surface area contributed by atoms with E-state index in [0.717, 1.165) is 38.5 Å². The summed E-state index contributed by atoms with van der Waals surface area (Å²) in [7, 11) is 0. The minimum Gasteiger partial charge on any atom is -0.462 e. The topological polar surface area (TPSA) is 72.8 Å². The van der Waals surface area contributed by atoms with Crippen LogP contribution in [0.5, 0.6) is 0 Å². The van der Waals surface area contributed by atoms with Gasteiger partial charge in [-0.25, -0.2) is 0 Å². The van der Waals surface area contributed by atoms with Crippen molar-refractivity contribution in [2.75, 3.05) is 13.2 Å². The molecule has 0 saturated carbocycles. The molecule has 0 fully saturated rings. The summed E-state index contributed by atoms with van der Waals surface area (Å²) in [4.78, 5) is 24.3. The lowest BCUT2D eigenvalue weighted by Crippen LogP contribution is -2.28. The Kier molecular flexibility index (Phi) is 46.8. The van der Waals surface area contributed by atoms with Gasteiger partial charge in [0.2, 0.25) is 0 Å². The van der Waals surface area contributed by atoms with E-state index in [-0.39, 0.29) is 25.2 Å². The van der Waals surface area contributed by atoms with Gasteiger partial charge in [0.15, 0.2) is 6.10 Å². The minimum atomic E-state index is -0.769. The second kappa shape index (κ2) is 48.0. The molecule has 0 aliphatic rings. The summed E-state index contributed by atoms with van der Waals surface area (Å²) in [5, 5.41) is 9.57. The third kappa shape index (κ3) is 45.3. The van der Waals surface area contributed by atoms with Crippen LogP contribution in [0.1, 0.15) is 284 Å². The molecule has 0 aromatic carbocycles. The summed E-state index contributed by atoms with van der Waals surface area (Å²) in [6.07, 6.45) is 57.6. The Morgan fingerprint density at radius 1 is 0.393 bits per heavy atom. The van der Waals surface area contributed by atoms with Gasteiger partial charge in [0, 0.05) is 12.8 Å². The molecule has 5 heteroatoms. The fraction of sp³-hybridized carbons (Fsp3) is 0.922. The Morgan fingerprint density at radius 3 is 1.02 bits per heavy atom. The van der Waals surface area contributed by atoms with Gasteiger partial charge in [-0.05, 0) is 32.1 Å². The van der Waals surface area contributed by atoms with Crippen molar-refractivity contribution >= 4 is 11.9 Å². The highest BCUT2D eigenvalue weighted by Crippen LogP contribution is 2.17. The van der Waals surface area contributed by atoms with E-state index in [9.17, 15) is 14.7 Å². The van der Waals surface area contributed by atoms with E-state index < -0.39 is 6.10 Å². The zero-order chi connectivity index (χ0) is 40.7. The molecular formula is C51H98O5. The number of carbonyl (C=O) groups excluding carboxylic acids is 2. The Labute approximate surface area is 350 Å². The number of hydrogen-bond acceptors (Lipinski definition) is 5. The van der Waals surface area contributed by atoms with E-state index >= 15 is 0 Å². The van der Waals surface area contributed by atoms with E-state index in [4.69, 9.17) is 9.47 Å². The number of esters is 2. The molecular weight excluding hydrogens is 693 g/mol. The number of allylic oxidation sites excluding steroid dienone is 2. The van der Waals surface area contributed by atoms with Crippen LogP contribution in [-0.2, 0) is 19.1 Å².